The molecular formula is C32H42N4O6. The Balaban J connectivity index is 1.37. The van der Waals surface area contributed by atoms with E-state index in [0.717, 1.165) is 25.1 Å². The largest absolute Gasteiger partial charge is 0.394 e. The summed E-state index contributed by atoms with van der Waals surface area (Å²) in [6, 6.07) is 8.05. The highest BCUT2D eigenvalue weighted by molar-refractivity contribution is 6.00. The summed E-state index contributed by atoms with van der Waals surface area (Å²) < 4.78 is 12.2. The van der Waals surface area contributed by atoms with Gasteiger partial charge >= 0.3 is 0 Å². The molecule has 10 heteroatoms. The lowest BCUT2D eigenvalue weighted by Crippen LogP contribution is -2.59. The Morgan fingerprint density at radius 1 is 0.952 bits per heavy atom. The van der Waals surface area contributed by atoms with Gasteiger partial charge in [0.05, 0.1) is 43.8 Å². The third-order valence-corrected chi connectivity index (χ3v) is 9.47. The number of amides is 3. The van der Waals surface area contributed by atoms with Gasteiger partial charge in [0.25, 0.3) is 0 Å². The van der Waals surface area contributed by atoms with E-state index >= 15 is 0 Å². The van der Waals surface area contributed by atoms with Crippen LogP contribution in [0.15, 0.2) is 54.6 Å². The van der Waals surface area contributed by atoms with Crippen molar-refractivity contribution < 1.29 is 29.0 Å². The fraction of sp³-hybridized carbons (Fsp3) is 0.594. The van der Waals surface area contributed by atoms with Crippen LogP contribution in [0.3, 0.4) is 0 Å². The second kappa shape index (κ2) is 12.3. The molecule has 0 saturated carbocycles. The number of hydrogen-bond donors (Lipinski definition) is 1. The first-order chi connectivity index (χ1) is 20.5. The van der Waals surface area contributed by atoms with E-state index in [2.05, 4.69) is 4.90 Å². The average molecular weight is 579 g/mol. The second-order valence-corrected chi connectivity index (χ2v) is 12.0. The number of rotatable bonds is 9. The van der Waals surface area contributed by atoms with E-state index in [1.165, 1.54) is 0 Å². The fourth-order valence-electron chi connectivity index (χ4n) is 7.46. The third-order valence-electron chi connectivity index (χ3n) is 9.47. The molecule has 42 heavy (non-hydrogen) atoms. The molecular weight excluding hydrogens is 536 g/mol. The lowest BCUT2D eigenvalue weighted by atomic mass is 9.77. The van der Waals surface area contributed by atoms with E-state index in [0.29, 0.717) is 52.4 Å². The first-order valence-electron chi connectivity index (χ1n) is 15.3. The first kappa shape index (κ1) is 29.0. The molecule has 1 aromatic carbocycles. The van der Waals surface area contributed by atoms with Crippen molar-refractivity contribution >= 4 is 17.7 Å². The van der Waals surface area contributed by atoms with Crippen LogP contribution in [0.1, 0.15) is 18.9 Å². The molecule has 0 radical (unpaired) electrons. The van der Waals surface area contributed by atoms with E-state index in [9.17, 15) is 19.5 Å². The van der Waals surface area contributed by atoms with Crippen molar-refractivity contribution in [1.29, 1.82) is 0 Å². The number of ether oxygens (including phenoxy) is 2. The van der Waals surface area contributed by atoms with Gasteiger partial charge in [0.2, 0.25) is 17.7 Å². The maximum Gasteiger partial charge on any atom is 0.249 e. The van der Waals surface area contributed by atoms with Gasteiger partial charge in [-0.1, -0.05) is 61.6 Å². The number of hydrogen-bond acceptors (Lipinski definition) is 7. The zero-order valence-corrected chi connectivity index (χ0v) is 24.3. The molecule has 1 spiro atoms. The molecule has 226 valence electrons. The Morgan fingerprint density at radius 3 is 2.43 bits per heavy atom. The Kier molecular flexibility index (Phi) is 8.49. The summed E-state index contributed by atoms with van der Waals surface area (Å²) in [6.45, 7) is 7.35. The maximum absolute atomic E-state index is 14.6. The molecule has 3 amide bonds. The number of nitrogens with zero attached hydrogens (tertiary/aromatic N) is 4. The summed E-state index contributed by atoms with van der Waals surface area (Å²) in [7, 11) is 0. The molecule has 1 unspecified atom stereocenters. The van der Waals surface area contributed by atoms with Gasteiger partial charge < -0.3 is 29.3 Å². The number of carbonyl (C=O) groups excluding carboxylic acids is 3. The number of morpholine rings is 1. The van der Waals surface area contributed by atoms with Gasteiger partial charge in [0.1, 0.15) is 11.6 Å². The van der Waals surface area contributed by atoms with Gasteiger partial charge in [-0.15, -0.1) is 0 Å². The zero-order valence-electron chi connectivity index (χ0n) is 24.3. The molecule has 5 aliphatic rings. The van der Waals surface area contributed by atoms with Gasteiger partial charge in [-0.3, -0.25) is 19.3 Å². The molecule has 0 aliphatic carbocycles. The van der Waals surface area contributed by atoms with Crippen molar-refractivity contribution in [2.45, 2.75) is 43.6 Å². The van der Waals surface area contributed by atoms with Crippen molar-refractivity contribution in [3.05, 3.63) is 60.2 Å². The quantitative estimate of drug-likeness (QED) is 0.431. The van der Waals surface area contributed by atoms with Crippen LogP contribution in [-0.2, 0) is 30.3 Å². The van der Waals surface area contributed by atoms with Gasteiger partial charge in [-0.05, 0) is 18.4 Å². The van der Waals surface area contributed by atoms with Crippen LogP contribution < -0.4 is 0 Å². The molecule has 0 aromatic heterocycles. The molecule has 1 aromatic rings. The van der Waals surface area contributed by atoms with Crippen LogP contribution in [0, 0.1) is 11.8 Å². The minimum absolute atomic E-state index is 0.111. The van der Waals surface area contributed by atoms with Gasteiger partial charge in [0.15, 0.2) is 0 Å². The summed E-state index contributed by atoms with van der Waals surface area (Å²) >= 11 is 0. The highest BCUT2D eigenvalue weighted by atomic mass is 16.5. The van der Waals surface area contributed by atoms with E-state index in [1.807, 2.05) is 61.6 Å². The summed E-state index contributed by atoms with van der Waals surface area (Å²) in [6.07, 6.45) is 8.23. The predicted octanol–water partition coefficient (Wildman–Crippen LogP) is 0.710. The summed E-state index contributed by atoms with van der Waals surface area (Å²) in [5, 5.41) is 10.7. The van der Waals surface area contributed by atoms with E-state index in [-0.39, 0.29) is 24.3 Å². The maximum atomic E-state index is 14.6. The summed E-state index contributed by atoms with van der Waals surface area (Å²) in [4.78, 5) is 50.6. The highest BCUT2D eigenvalue weighted by Gasteiger charge is 2.72. The SMILES string of the molecule is CCCN1CC=C[C@@H]2O[C@]34C=CCN(CCN5CCOCC5)C(=O)C3N([C@@H](CO)Cc3ccccc3)C(=O)[C@@H]4[C@@H]2C1=O. The standard InChI is InChI=1S/C32H42N4O6/c1-2-12-34-13-6-10-25-26(29(34)38)27-30(39)36(24(22-37)21-23-8-4-3-5-9-23)28-31(40)35(14-7-11-32(27,28)42-25)16-15-33-17-19-41-20-18-33/h3-11,24-28,37H,2,12-22H2,1H3/t24-,25+,26-,27+,28?,32+/m1/s1. The fourth-order valence-corrected chi connectivity index (χ4v) is 7.46. The number of carbonyl (C=O) groups is 3. The minimum atomic E-state index is -1.30. The van der Waals surface area contributed by atoms with E-state index < -0.39 is 35.6 Å². The normalized spacial score (nSPS) is 32.0. The molecule has 0 bridgehead atoms. The van der Waals surface area contributed by atoms with Crippen LogP contribution in [0.25, 0.3) is 0 Å². The second-order valence-electron chi connectivity index (χ2n) is 12.0. The number of likely N-dealkylation sites (tertiary alicyclic amines) is 1. The lowest BCUT2D eigenvalue weighted by molar-refractivity contribution is -0.151. The average Bonchev–Trinajstić information content (AvgIpc) is 3.34. The Hall–Kier alpha value is -3.05. The van der Waals surface area contributed by atoms with Gasteiger partial charge in [-0.25, -0.2) is 0 Å². The van der Waals surface area contributed by atoms with Gasteiger partial charge in [-0.2, -0.15) is 0 Å². The molecule has 10 nitrogen and oxygen atoms in total. The number of aliphatic hydroxyl groups is 1. The Labute approximate surface area is 247 Å². The van der Waals surface area contributed by atoms with Crippen LogP contribution in [0.4, 0.5) is 0 Å². The summed E-state index contributed by atoms with van der Waals surface area (Å²) in [5.74, 6) is -2.19. The summed E-state index contributed by atoms with van der Waals surface area (Å²) in [5.41, 5.74) is -0.339. The topological polar surface area (TPSA) is 103 Å². The van der Waals surface area contributed by atoms with Crippen molar-refractivity contribution in [3.8, 4) is 0 Å². The van der Waals surface area contributed by atoms with Crippen LogP contribution >= 0.6 is 0 Å². The third kappa shape index (κ3) is 5.08. The molecule has 5 aliphatic heterocycles. The van der Waals surface area contributed by atoms with E-state index in [4.69, 9.17) is 9.47 Å². The van der Waals surface area contributed by atoms with Crippen LogP contribution in [-0.4, -0.2) is 132 Å². The van der Waals surface area contributed by atoms with Crippen LogP contribution in [0.5, 0.6) is 0 Å². The first-order valence-corrected chi connectivity index (χ1v) is 15.3. The lowest BCUT2D eigenvalue weighted by Gasteiger charge is -2.39. The number of fused-ring (bicyclic) bond motifs is 2. The molecule has 3 saturated heterocycles. The minimum Gasteiger partial charge on any atom is -0.394 e. The molecule has 5 heterocycles. The van der Waals surface area contributed by atoms with Gasteiger partial charge in [0, 0.05) is 45.8 Å². The zero-order chi connectivity index (χ0) is 29.3. The molecule has 6 atom stereocenters. The van der Waals surface area contributed by atoms with Crippen molar-refractivity contribution in [1.82, 2.24) is 19.6 Å². The molecule has 1 N–H and O–H groups in total. The van der Waals surface area contributed by atoms with Crippen molar-refractivity contribution in [2.24, 2.45) is 11.8 Å². The monoisotopic (exact) mass is 578 g/mol. The predicted molar refractivity (Wildman–Crippen MR) is 155 cm³/mol. The number of benzene rings is 1. The van der Waals surface area contributed by atoms with Crippen molar-refractivity contribution in [2.75, 3.05) is 65.6 Å². The van der Waals surface area contributed by atoms with Crippen LogP contribution in [0.2, 0.25) is 0 Å². The molecule has 3 fully saturated rings. The highest BCUT2D eigenvalue weighted by Crippen LogP contribution is 2.54. The number of aliphatic hydroxyl groups excluding tert-OH is 1. The van der Waals surface area contributed by atoms with E-state index in [1.54, 1.807) is 14.7 Å². The smallest absolute Gasteiger partial charge is 0.249 e. The molecule has 6 rings (SSSR count). The Morgan fingerprint density at radius 2 is 1.69 bits per heavy atom. The Bertz CT molecular complexity index is 1220. The van der Waals surface area contributed by atoms with Crippen molar-refractivity contribution in [3.63, 3.8) is 0 Å².